The van der Waals surface area contributed by atoms with Gasteiger partial charge in [-0.3, -0.25) is 4.79 Å². The topological polar surface area (TPSA) is 52.9 Å². The van der Waals surface area contributed by atoms with Gasteiger partial charge < -0.3 is 5.32 Å². The number of anilines is 1. The van der Waals surface area contributed by atoms with Gasteiger partial charge in [0.25, 0.3) is 5.91 Å². The van der Waals surface area contributed by atoms with Gasteiger partial charge in [0.2, 0.25) is 0 Å². The zero-order valence-corrected chi connectivity index (χ0v) is 10.6. The van der Waals surface area contributed by atoms with Crippen molar-refractivity contribution in [3.8, 4) is 6.07 Å². The highest BCUT2D eigenvalue weighted by Gasteiger charge is 2.33. The molecule has 0 fully saturated rings. The first-order chi connectivity index (χ1) is 9.91. The summed E-state index contributed by atoms with van der Waals surface area (Å²) in [4.78, 5) is 11.9. The van der Waals surface area contributed by atoms with Crippen molar-refractivity contribution >= 4 is 11.6 Å². The summed E-state index contributed by atoms with van der Waals surface area (Å²) in [5, 5.41) is 11.1. The largest absolute Gasteiger partial charge is 0.417 e. The molecule has 3 nitrogen and oxygen atoms in total. The Kier molecular flexibility index (Phi) is 3.94. The minimum absolute atomic E-state index is 0.0184. The average molecular weight is 290 g/mol. The summed E-state index contributed by atoms with van der Waals surface area (Å²) in [6.07, 6.45) is -4.65. The minimum Gasteiger partial charge on any atom is -0.322 e. The third-order valence-corrected chi connectivity index (χ3v) is 2.74. The van der Waals surface area contributed by atoms with E-state index in [1.165, 1.54) is 12.1 Å². The highest BCUT2D eigenvalue weighted by atomic mass is 19.4. The molecule has 0 saturated carbocycles. The van der Waals surface area contributed by atoms with Crippen LogP contribution < -0.4 is 5.32 Å². The lowest BCUT2D eigenvalue weighted by Gasteiger charge is -2.11. The van der Waals surface area contributed by atoms with Crippen molar-refractivity contribution in [2.24, 2.45) is 0 Å². The van der Waals surface area contributed by atoms with Gasteiger partial charge >= 0.3 is 6.18 Å². The molecule has 1 N–H and O–H groups in total. The molecule has 0 heterocycles. The summed E-state index contributed by atoms with van der Waals surface area (Å²) in [5.74, 6) is -0.520. The van der Waals surface area contributed by atoms with E-state index in [0.717, 1.165) is 12.1 Å². The Morgan fingerprint density at radius 3 is 2.33 bits per heavy atom. The zero-order chi connectivity index (χ0) is 15.5. The molecule has 0 radical (unpaired) electrons. The van der Waals surface area contributed by atoms with E-state index in [2.05, 4.69) is 5.32 Å². The van der Waals surface area contributed by atoms with Crippen LogP contribution in [0.1, 0.15) is 21.5 Å². The first kappa shape index (κ1) is 14.6. The lowest BCUT2D eigenvalue weighted by molar-refractivity contribution is -0.137. The first-order valence-corrected chi connectivity index (χ1v) is 5.89. The second-order valence-corrected chi connectivity index (χ2v) is 4.19. The maximum Gasteiger partial charge on any atom is 0.417 e. The number of nitrogens with zero attached hydrogens (tertiary/aromatic N) is 1. The highest BCUT2D eigenvalue weighted by molar-refractivity contribution is 6.04. The summed E-state index contributed by atoms with van der Waals surface area (Å²) in [6, 6.07) is 12.6. The van der Waals surface area contributed by atoms with Gasteiger partial charge in [0.15, 0.2) is 0 Å². The third kappa shape index (κ3) is 3.39. The molecule has 2 rings (SSSR count). The number of nitriles is 1. The Hall–Kier alpha value is -2.81. The predicted octanol–water partition coefficient (Wildman–Crippen LogP) is 3.83. The molecule has 2 aromatic rings. The Morgan fingerprint density at radius 1 is 1.10 bits per heavy atom. The van der Waals surface area contributed by atoms with Gasteiger partial charge in [0, 0.05) is 11.3 Å². The van der Waals surface area contributed by atoms with Crippen LogP contribution >= 0.6 is 0 Å². The summed E-state index contributed by atoms with van der Waals surface area (Å²) >= 11 is 0. The van der Waals surface area contributed by atoms with Gasteiger partial charge in [-0.15, -0.1) is 0 Å². The summed E-state index contributed by atoms with van der Waals surface area (Å²) in [6.45, 7) is 0. The Labute approximate surface area is 118 Å². The van der Waals surface area contributed by atoms with E-state index in [-0.39, 0.29) is 5.69 Å². The average Bonchev–Trinajstić information content (AvgIpc) is 2.47. The molecule has 0 saturated heterocycles. The Balaban J connectivity index is 2.30. The monoisotopic (exact) mass is 290 g/mol. The van der Waals surface area contributed by atoms with Crippen LogP contribution in [0.5, 0.6) is 0 Å². The van der Waals surface area contributed by atoms with Crippen molar-refractivity contribution in [2.75, 3.05) is 5.32 Å². The van der Waals surface area contributed by atoms with E-state index < -0.39 is 23.2 Å². The molecular formula is C15H9F3N2O. The van der Waals surface area contributed by atoms with E-state index in [4.69, 9.17) is 5.26 Å². The zero-order valence-electron chi connectivity index (χ0n) is 10.6. The fourth-order valence-corrected chi connectivity index (χ4v) is 1.75. The fourth-order valence-electron chi connectivity index (χ4n) is 1.75. The van der Waals surface area contributed by atoms with Gasteiger partial charge in [-0.2, -0.15) is 18.4 Å². The lowest BCUT2D eigenvalue weighted by atomic mass is 10.1. The maximum atomic E-state index is 12.8. The quantitative estimate of drug-likeness (QED) is 0.913. The van der Waals surface area contributed by atoms with Crippen LogP contribution in [0.3, 0.4) is 0 Å². The molecule has 6 heteroatoms. The molecule has 0 bridgehead atoms. The first-order valence-electron chi connectivity index (χ1n) is 5.89. The van der Waals surface area contributed by atoms with Crippen LogP contribution in [0.15, 0.2) is 48.5 Å². The number of nitrogens with one attached hydrogen (secondary N) is 1. The second kappa shape index (κ2) is 5.67. The number of carbonyl (C=O) groups is 1. The van der Waals surface area contributed by atoms with Crippen LogP contribution in [0, 0.1) is 11.3 Å². The fraction of sp³-hybridized carbons (Fsp3) is 0.0667. The van der Waals surface area contributed by atoms with Crippen molar-refractivity contribution in [3.63, 3.8) is 0 Å². The SMILES string of the molecule is N#Cc1ccc(NC(=O)c2ccccc2)cc1C(F)(F)F. The van der Waals surface area contributed by atoms with Crippen molar-refractivity contribution in [2.45, 2.75) is 6.18 Å². The molecule has 0 aliphatic heterocycles. The van der Waals surface area contributed by atoms with Gasteiger partial charge in [-0.1, -0.05) is 18.2 Å². The highest BCUT2D eigenvalue weighted by Crippen LogP contribution is 2.33. The van der Waals surface area contributed by atoms with Crippen LogP contribution in [0.4, 0.5) is 18.9 Å². The van der Waals surface area contributed by atoms with E-state index in [1.807, 2.05) is 0 Å². The third-order valence-electron chi connectivity index (χ3n) is 2.74. The summed E-state index contributed by atoms with van der Waals surface area (Å²) < 4.78 is 38.4. The van der Waals surface area contributed by atoms with Gasteiger partial charge in [-0.25, -0.2) is 0 Å². The molecule has 0 aliphatic rings. The second-order valence-electron chi connectivity index (χ2n) is 4.19. The van der Waals surface area contributed by atoms with Crippen molar-refractivity contribution in [1.29, 1.82) is 5.26 Å². The maximum absolute atomic E-state index is 12.8. The number of carbonyl (C=O) groups excluding carboxylic acids is 1. The van der Waals surface area contributed by atoms with Crippen molar-refractivity contribution < 1.29 is 18.0 Å². The summed E-state index contributed by atoms with van der Waals surface area (Å²) in [7, 11) is 0. The van der Waals surface area contributed by atoms with Crippen molar-refractivity contribution in [3.05, 3.63) is 65.2 Å². The van der Waals surface area contributed by atoms with E-state index >= 15 is 0 Å². The molecular weight excluding hydrogens is 281 g/mol. The van der Waals surface area contributed by atoms with Gasteiger partial charge in [-0.05, 0) is 30.3 Å². The van der Waals surface area contributed by atoms with Crippen LogP contribution in [0.25, 0.3) is 0 Å². The molecule has 106 valence electrons. The molecule has 1 amide bonds. The smallest absolute Gasteiger partial charge is 0.322 e. The van der Waals surface area contributed by atoms with E-state index in [9.17, 15) is 18.0 Å². The number of benzene rings is 2. The Bertz CT molecular complexity index is 703. The number of hydrogen-bond acceptors (Lipinski definition) is 2. The number of halogens is 3. The van der Waals surface area contributed by atoms with Crippen LogP contribution in [-0.4, -0.2) is 5.91 Å². The summed E-state index contributed by atoms with van der Waals surface area (Å²) in [5.41, 5.74) is -1.25. The molecule has 0 spiro atoms. The van der Waals surface area contributed by atoms with Gasteiger partial charge in [0.05, 0.1) is 17.2 Å². The lowest BCUT2D eigenvalue weighted by Crippen LogP contribution is -2.14. The molecule has 0 aliphatic carbocycles. The van der Waals surface area contributed by atoms with E-state index in [1.54, 1.807) is 30.3 Å². The molecule has 21 heavy (non-hydrogen) atoms. The minimum atomic E-state index is -4.65. The number of hydrogen-bond donors (Lipinski definition) is 1. The standard InChI is InChI=1S/C15H9F3N2O/c16-15(17,18)13-8-12(7-6-11(13)9-19)20-14(21)10-4-2-1-3-5-10/h1-8H,(H,20,21). The molecule has 2 aromatic carbocycles. The molecule has 0 aromatic heterocycles. The number of rotatable bonds is 2. The van der Waals surface area contributed by atoms with Crippen molar-refractivity contribution in [1.82, 2.24) is 0 Å². The predicted molar refractivity (Wildman–Crippen MR) is 70.6 cm³/mol. The molecule has 0 atom stereocenters. The van der Waals surface area contributed by atoms with Crippen LogP contribution in [0.2, 0.25) is 0 Å². The number of alkyl halides is 3. The Morgan fingerprint density at radius 2 is 1.76 bits per heavy atom. The number of amides is 1. The normalized spacial score (nSPS) is 10.8. The molecule has 0 unspecified atom stereocenters. The van der Waals surface area contributed by atoms with Crippen LogP contribution in [-0.2, 0) is 6.18 Å². The van der Waals surface area contributed by atoms with Gasteiger partial charge in [0.1, 0.15) is 0 Å². The van der Waals surface area contributed by atoms with E-state index in [0.29, 0.717) is 5.56 Å².